The molecule has 9 nitrogen and oxygen atoms in total. The van der Waals surface area contributed by atoms with E-state index in [4.69, 9.17) is 9.52 Å². The van der Waals surface area contributed by atoms with Crippen LogP contribution in [0, 0.1) is 0 Å². The van der Waals surface area contributed by atoms with Crippen LogP contribution in [0.4, 0.5) is 6.01 Å². The molecule has 1 aliphatic heterocycles. The first kappa shape index (κ1) is 14.0. The average Bonchev–Trinajstić information content (AvgIpc) is 3.20. The van der Waals surface area contributed by atoms with Gasteiger partial charge in [0.2, 0.25) is 11.8 Å². The predicted octanol–water partition coefficient (Wildman–Crippen LogP) is -0.756. The van der Waals surface area contributed by atoms with Crippen LogP contribution in [0.1, 0.15) is 24.7 Å². The van der Waals surface area contributed by atoms with Crippen LogP contribution >= 0.6 is 0 Å². The number of amides is 1. The van der Waals surface area contributed by atoms with E-state index in [1.54, 1.807) is 4.90 Å². The molecule has 2 heterocycles. The fourth-order valence-corrected chi connectivity index (χ4v) is 2.30. The quantitative estimate of drug-likeness (QED) is 0.648. The number of rotatable bonds is 5. The Morgan fingerprint density at radius 2 is 2.24 bits per heavy atom. The molecule has 1 unspecified atom stereocenters. The van der Waals surface area contributed by atoms with E-state index in [0.717, 1.165) is 12.8 Å². The highest BCUT2D eigenvalue weighted by Crippen LogP contribution is 2.39. The minimum Gasteiger partial charge on any atom is -0.480 e. The molecule has 0 bridgehead atoms. The third-order valence-electron chi connectivity index (χ3n) is 3.60. The monoisotopic (exact) mass is 295 g/mol. The van der Waals surface area contributed by atoms with Gasteiger partial charge in [0.25, 0.3) is 0 Å². The zero-order valence-corrected chi connectivity index (χ0v) is 11.4. The van der Waals surface area contributed by atoms with Gasteiger partial charge in [0, 0.05) is 25.6 Å². The van der Waals surface area contributed by atoms with Crippen molar-refractivity contribution in [3.8, 4) is 0 Å². The third kappa shape index (κ3) is 3.37. The second-order valence-electron chi connectivity index (χ2n) is 5.30. The number of piperazine rings is 1. The van der Waals surface area contributed by atoms with Crippen LogP contribution in [0.25, 0.3) is 0 Å². The summed E-state index contributed by atoms with van der Waals surface area (Å²) in [5, 5.41) is 22.3. The summed E-state index contributed by atoms with van der Waals surface area (Å²) in [7, 11) is 0. The fraction of sp³-hybridized carbons (Fsp3) is 0.667. The summed E-state index contributed by atoms with van der Waals surface area (Å²) in [6.45, 7) is 1.47. The van der Waals surface area contributed by atoms with E-state index >= 15 is 0 Å². The minimum atomic E-state index is -0.941. The normalized spacial score (nSPS) is 23.0. The summed E-state index contributed by atoms with van der Waals surface area (Å²) in [6.07, 6.45) is 2.08. The molecule has 21 heavy (non-hydrogen) atoms. The van der Waals surface area contributed by atoms with Gasteiger partial charge in [-0.05, 0) is 12.8 Å². The number of carbonyl (C=O) groups is 2. The first-order valence-corrected chi connectivity index (χ1v) is 6.94. The maximum Gasteiger partial charge on any atom is 0.322 e. The summed E-state index contributed by atoms with van der Waals surface area (Å²) in [6, 6.07) is -0.627. The second kappa shape index (κ2) is 5.78. The van der Waals surface area contributed by atoms with E-state index in [1.165, 1.54) is 0 Å². The number of nitrogens with zero attached hydrogens (tertiary/aromatic N) is 3. The number of carboxylic acid groups (broad SMARTS) is 1. The molecule has 2 aliphatic rings. The van der Waals surface area contributed by atoms with Crippen LogP contribution in [0.15, 0.2) is 4.42 Å². The number of carbonyl (C=O) groups excluding carboxylic acids is 1. The topological polar surface area (TPSA) is 121 Å². The van der Waals surface area contributed by atoms with Gasteiger partial charge in [-0.2, -0.15) is 0 Å². The van der Waals surface area contributed by atoms with E-state index in [1.807, 2.05) is 0 Å². The smallest absolute Gasteiger partial charge is 0.322 e. The van der Waals surface area contributed by atoms with Crippen molar-refractivity contribution in [3.05, 3.63) is 5.89 Å². The fourth-order valence-electron chi connectivity index (χ4n) is 2.30. The molecule has 1 aromatic heterocycles. The lowest BCUT2D eigenvalue weighted by Crippen LogP contribution is -2.56. The Morgan fingerprint density at radius 1 is 1.43 bits per heavy atom. The number of hydrogen-bond acceptors (Lipinski definition) is 7. The van der Waals surface area contributed by atoms with Crippen molar-refractivity contribution in [3.63, 3.8) is 0 Å². The molecule has 0 spiro atoms. The van der Waals surface area contributed by atoms with Gasteiger partial charge in [-0.3, -0.25) is 19.8 Å². The number of hydrogen-bond donors (Lipinski definition) is 3. The first-order valence-electron chi connectivity index (χ1n) is 6.94. The molecule has 0 aromatic carbocycles. The summed E-state index contributed by atoms with van der Waals surface area (Å²) in [5.41, 5.74) is 0. The first-order chi connectivity index (χ1) is 10.1. The number of carboxylic acids is 1. The van der Waals surface area contributed by atoms with Crippen molar-refractivity contribution in [1.29, 1.82) is 0 Å². The van der Waals surface area contributed by atoms with Crippen molar-refractivity contribution < 1.29 is 19.1 Å². The highest BCUT2D eigenvalue weighted by atomic mass is 16.4. The second-order valence-corrected chi connectivity index (χ2v) is 5.30. The lowest BCUT2D eigenvalue weighted by atomic mass is 10.2. The number of aromatic nitrogens is 2. The van der Waals surface area contributed by atoms with E-state index in [0.29, 0.717) is 31.4 Å². The van der Waals surface area contributed by atoms with Crippen molar-refractivity contribution in [2.75, 3.05) is 31.5 Å². The zero-order chi connectivity index (χ0) is 14.8. The number of aliphatic carboxylic acids is 1. The van der Waals surface area contributed by atoms with Crippen molar-refractivity contribution in [2.45, 2.75) is 24.8 Å². The Bertz CT molecular complexity index is 542. The summed E-state index contributed by atoms with van der Waals surface area (Å²) >= 11 is 0. The zero-order valence-electron chi connectivity index (χ0n) is 11.4. The van der Waals surface area contributed by atoms with Crippen molar-refractivity contribution in [1.82, 2.24) is 20.4 Å². The molecule has 0 radical (unpaired) electrons. The van der Waals surface area contributed by atoms with Crippen LogP contribution in [0.5, 0.6) is 0 Å². The molecular formula is C12H17N5O4. The molecule has 1 aromatic rings. The Labute approximate surface area is 120 Å². The highest BCUT2D eigenvalue weighted by Gasteiger charge is 2.31. The lowest BCUT2D eigenvalue weighted by molar-refractivity contribution is -0.144. The van der Waals surface area contributed by atoms with E-state index in [-0.39, 0.29) is 18.5 Å². The lowest BCUT2D eigenvalue weighted by Gasteiger charge is -2.32. The van der Waals surface area contributed by atoms with Gasteiger partial charge in [-0.1, -0.05) is 5.10 Å². The van der Waals surface area contributed by atoms with Gasteiger partial charge in [-0.15, -0.1) is 5.10 Å². The van der Waals surface area contributed by atoms with Crippen LogP contribution in [0.2, 0.25) is 0 Å². The maximum atomic E-state index is 11.9. The maximum absolute atomic E-state index is 11.9. The summed E-state index contributed by atoms with van der Waals surface area (Å²) in [5.74, 6) is -0.415. The Hall–Kier alpha value is -2.00. The molecule has 3 N–H and O–H groups in total. The van der Waals surface area contributed by atoms with Gasteiger partial charge >= 0.3 is 12.0 Å². The molecule has 9 heteroatoms. The SMILES string of the molecule is O=C(CN1CCNCC1C(=O)O)Nc1nnc(C2CC2)o1. The predicted molar refractivity (Wildman–Crippen MR) is 70.8 cm³/mol. The van der Waals surface area contributed by atoms with E-state index < -0.39 is 12.0 Å². The molecule has 114 valence electrons. The Morgan fingerprint density at radius 3 is 2.95 bits per heavy atom. The molecule has 2 fully saturated rings. The minimum absolute atomic E-state index is 0.0141. The van der Waals surface area contributed by atoms with E-state index in [9.17, 15) is 9.59 Å². The Balaban J connectivity index is 1.55. The largest absolute Gasteiger partial charge is 0.480 e. The Kier molecular flexibility index (Phi) is 3.84. The molecule has 1 aliphatic carbocycles. The molecule has 1 amide bonds. The van der Waals surface area contributed by atoms with Crippen LogP contribution in [-0.4, -0.2) is 64.3 Å². The van der Waals surface area contributed by atoms with Gasteiger partial charge < -0.3 is 14.8 Å². The summed E-state index contributed by atoms with van der Waals surface area (Å²) < 4.78 is 5.34. The molecule has 3 rings (SSSR count). The molecular weight excluding hydrogens is 278 g/mol. The number of anilines is 1. The third-order valence-corrected chi connectivity index (χ3v) is 3.60. The molecule has 1 atom stereocenters. The standard InChI is InChI=1S/C12H17N5O4/c18-9(6-17-4-3-13-5-8(17)11(19)20)14-12-16-15-10(21-12)7-1-2-7/h7-8,13H,1-6H2,(H,19,20)(H,14,16,18). The molecule has 1 saturated heterocycles. The van der Waals surface area contributed by atoms with Gasteiger partial charge in [0.1, 0.15) is 6.04 Å². The van der Waals surface area contributed by atoms with Gasteiger partial charge in [0.15, 0.2) is 0 Å². The van der Waals surface area contributed by atoms with Crippen LogP contribution in [-0.2, 0) is 9.59 Å². The van der Waals surface area contributed by atoms with Crippen LogP contribution in [0.3, 0.4) is 0 Å². The van der Waals surface area contributed by atoms with E-state index in [2.05, 4.69) is 20.8 Å². The number of nitrogens with one attached hydrogen (secondary N) is 2. The summed E-state index contributed by atoms with van der Waals surface area (Å²) in [4.78, 5) is 24.7. The average molecular weight is 295 g/mol. The highest BCUT2D eigenvalue weighted by molar-refractivity contribution is 5.90. The van der Waals surface area contributed by atoms with Crippen molar-refractivity contribution in [2.24, 2.45) is 0 Å². The van der Waals surface area contributed by atoms with Crippen molar-refractivity contribution >= 4 is 17.9 Å². The van der Waals surface area contributed by atoms with Gasteiger partial charge in [-0.25, -0.2) is 0 Å². The molecule has 1 saturated carbocycles. The van der Waals surface area contributed by atoms with Crippen LogP contribution < -0.4 is 10.6 Å². The van der Waals surface area contributed by atoms with Gasteiger partial charge in [0.05, 0.1) is 6.54 Å².